The Hall–Kier alpha value is -2.62. The lowest BCUT2D eigenvalue weighted by Gasteiger charge is -2.38. The molecule has 2 aliphatic rings. The number of nitrogens with zero attached hydrogens (tertiary/aromatic N) is 2. The van der Waals surface area contributed by atoms with Crippen molar-refractivity contribution in [1.29, 1.82) is 0 Å². The van der Waals surface area contributed by atoms with Gasteiger partial charge in [-0.05, 0) is 50.9 Å². The minimum Gasteiger partial charge on any atom is -0.356 e. The van der Waals surface area contributed by atoms with Gasteiger partial charge < -0.3 is 10.6 Å². The Balaban J connectivity index is 1.73. The zero-order valence-electron chi connectivity index (χ0n) is 18.3. The molecule has 1 aromatic rings. The minimum atomic E-state index is -4.56. The molecule has 2 heterocycles. The number of nitrogens with one attached hydrogen (secondary N) is 2. The van der Waals surface area contributed by atoms with E-state index in [0.717, 1.165) is 37.8 Å². The van der Waals surface area contributed by atoms with Crippen molar-refractivity contribution in [2.75, 3.05) is 36.4 Å². The Bertz CT molecular complexity index is 874. The van der Waals surface area contributed by atoms with Gasteiger partial charge in [0.05, 0.1) is 28.9 Å². The minimum absolute atomic E-state index is 0.0230. The molecule has 2 unspecified atom stereocenters. The second-order valence-corrected chi connectivity index (χ2v) is 8.36. The van der Waals surface area contributed by atoms with Crippen LogP contribution in [0.25, 0.3) is 0 Å². The number of hydrogen-bond donors (Lipinski definition) is 2. The summed E-state index contributed by atoms with van der Waals surface area (Å²) >= 11 is 0. The van der Waals surface area contributed by atoms with E-state index < -0.39 is 23.7 Å². The SMILES string of the molecule is CCCCNC(=O)C1CCCN(C(C)C(=O)N2CC(=O)Nc3cc(C(F)(F)F)ccc32)C1. The van der Waals surface area contributed by atoms with Gasteiger partial charge in [-0.25, -0.2) is 0 Å². The van der Waals surface area contributed by atoms with Crippen LogP contribution in [0.3, 0.4) is 0 Å². The fraction of sp³-hybridized carbons (Fsp3) is 0.591. The van der Waals surface area contributed by atoms with E-state index in [-0.39, 0.29) is 35.7 Å². The topological polar surface area (TPSA) is 81.8 Å². The largest absolute Gasteiger partial charge is 0.416 e. The van der Waals surface area contributed by atoms with Crippen LogP contribution in [-0.2, 0) is 20.6 Å². The molecule has 1 fully saturated rings. The average Bonchev–Trinajstić information content (AvgIpc) is 2.76. The number of carbonyl (C=O) groups is 3. The number of fused-ring (bicyclic) bond motifs is 1. The molecule has 32 heavy (non-hydrogen) atoms. The van der Waals surface area contributed by atoms with E-state index in [4.69, 9.17) is 0 Å². The van der Waals surface area contributed by atoms with Crippen LogP contribution in [0.4, 0.5) is 24.5 Å². The van der Waals surface area contributed by atoms with Crippen molar-refractivity contribution in [1.82, 2.24) is 10.2 Å². The monoisotopic (exact) mass is 454 g/mol. The first-order chi connectivity index (χ1) is 15.1. The zero-order valence-corrected chi connectivity index (χ0v) is 18.3. The summed E-state index contributed by atoms with van der Waals surface area (Å²) in [5.74, 6) is -1.18. The first kappa shape index (κ1) is 24.0. The summed E-state index contributed by atoms with van der Waals surface area (Å²) in [5, 5.41) is 5.36. The number of benzene rings is 1. The van der Waals surface area contributed by atoms with Crippen molar-refractivity contribution >= 4 is 29.1 Å². The molecule has 1 saturated heterocycles. The number of piperidine rings is 1. The molecule has 0 bridgehead atoms. The van der Waals surface area contributed by atoms with Gasteiger partial charge in [0.25, 0.3) is 0 Å². The third kappa shape index (κ3) is 5.40. The molecule has 0 aliphatic carbocycles. The summed E-state index contributed by atoms with van der Waals surface area (Å²) in [6, 6.07) is 2.33. The summed E-state index contributed by atoms with van der Waals surface area (Å²) in [4.78, 5) is 41.0. The second kappa shape index (κ2) is 9.89. The van der Waals surface area contributed by atoms with Crippen LogP contribution in [0.1, 0.15) is 45.1 Å². The smallest absolute Gasteiger partial charge is 0.356 e. The third-order valence-corrected chi connectivity index (χ3v) is 6.01. The molecule has 0 aromatic heterocycles. The Morgan fingerprint density at radius 3 is 2.75 bits per heavy atom. The van der Waals surface area contributed by atoms with Crippen molar-refractivity contribution in [2.45, 2.75) is 51.7 Å². The quantitative estimate of drug-likeness (QED) is 0.648. The summed E-state index contributed by atoms with van der Waals surface area (Å²) in [6.45, 7) is 5.16. The number of halogens is 3. The molecule has 176 valence electrons. The Kier molecular flexibility index (Phi) is 7.43. The maximum atomic E-state index is 13.3. The van der Waals surface area contributed by atoms with Gasteiger partial charge in [0.15, 0.2) is 0 Å². The van der Waals surface area contributed by atoms with Crippen molar-refractivity contribution in [2.24, 2.45) is 5.92 Å². The predicted molar refractivity (Wildman–Crippen MR) is 114 cm³/mol. The number of unbranched alkanes of at least 4 members (excludes halogenated alkanes) is 1. The van der Waals surface area contributed by atoms with Crippen molar-refractivity contribution < 1.29 is 27.6 Å². The molecular weight excluding hydrogens is 425 g/mol. The van der Waals surface area contributed by atoms with Gasteiger partial charge in [-0.15, -0.1) is 0 Å². The van der Waals surface area contributed by atoms with E-state index in [1.807, 2.05) is 11.8 Å². The molecule has 7 nitrogen and oxygen atoms in total. The van der Waals surface area contributed by atoms with E-state index >= 15 is 0 Å². The molecule has 2 N–H and O–H groups in total. The number of amides is 3. The van der Waals surface area contributed by atoms with Gasteiger partial charge in [0.1, 0.15) is 6.54 Å². The van der Waals surface area contributed by atoms with Crippen molar-refractivity contribution in [3.8, 4) is 0 Å². The Morgan fingerprint density at radius 2 is 2.06 bits per heavy atom. The second-order valence-electron chi connectivity index (χ2n) is 8.36. The fourth-order valence-electron chi connectivity index (χ4n) is 4.15. The third-order valence-electron chi connectivity index (χ3n) is 6.01. The van der Waals surface area contributed by atoms with E-state index in [1.54, 1.807) is 6.92 Å². The van der Waals surface area contributed by atoms with Crippen LogP contribution in [0, 0.1) is 5.92 Å². The van der Waals surface area contributed by atoms with Crippen LogP contribution in [0.15, 0.2) is 18.2 Å². The van der Waals surface area contributed by atoms with Crippen molar-refractivity contribution in [3.63, 3.8) is 0 Å². The fourth-order valence-corrected chi connectivity index (χ4v) is 4.15. The number of anilines is 2. The molecule has 0 saturated carbocycles. The van der Waals surface area contributed by atoms with Gasteiger partial charge in [0.2, 0.25) is 17.7 Å². The predicted octanol–water partition coefficient (Wildman–Crippen LogP) is 3.01. The Morgan fingerprint density at radius 1 is 1.31 bits per heavy atom. The molecule has 10 heteroatoms. The highest BCUT2D eigenvalue weighted by Gasteiger charge is 2.37. The molecule has 2 aliphatic heterocycles. The van der Waals surface area contributed by atoms with Gasteiger partial charge in [-0.3, -0.25) is 24.2 Å². The first-order valence-corrected chi connectivity index (χ1v) is 11.0. The maximum absolute atomic E-state index is 13.3. The van der Waals surface area contributed by atoms with Crippen LogP contribution >= 0.6 is 0 Å². The van der Waals surface area contributed by atoms with E-state index in [9.17, 15) is 27.6 Å². The zero-order chi connectivity index (χ0) is 23.5. The standard InChI is InChI=1S/C22H29F3N4O3/c1-3-4-9-26-20(31)15-6-5-10-28(12-15)14(2)21(32)29-13-19(30)27-17-11-16(22(23,24)25)7-8-18(17)29/h7-8,11,14-15H,3-6,9-10,12-13H2,1-2H3,(H,26,31)(H,27,30). The van der Waals surface area contributed by atoms with E-state index in [0.29, 0.717) is 19.6 Å². The molecule has 0 spiro atoms. The number of rotatable bonds is 6. The molecular formula is C22H29F3N4O3. The summed E-state index contributed by atoms with van der Waals surface area (Å²) < 4.78 is 39.1. The summed E-state index contributed by atoms with van der Waals surface area (Å²) in [6.07, 6.45) is -1.17. The number of hydrogen-bond acceptors (Lipinski definition) is 4. The Labute approximate surface area is 185 Å². The highest BCUT2D eigenvalue weighted by molar-refractivity contribution is 6.11. The van der Waals surface area contributed by atoms with Crippen LogP contribution in [-0.4, -0.2) is 54.8 Å². The molecule has 0 radical (unpaired) electrons. The maximum Gasteiger partial charge on any atom is 0.416 e. The average molecular weight is 454 g/mol. The van der Waals surface area contributed by atoms with Crippen LogP contribution in [0.2, 0.25) is 0 Å². The number of carbonyl (C=O) groups excluding carboxylic acids is 3. The van der Waals surface area contributed by atoms with E-state index in [1.165, 1.54) is 11.0 Å². The number of likely N-dealkylation sites (tertiary alicyclic amines) is 1. The summed E-state index contributed by atoms with van der Waals surface area (Å²) in [5.41, 5.74) is -0.698. The highest BCUT2D eigenvalue weighted by atomic mass is 19.4. The highest BCUT2D eigenvalue weighted by Crippen LogP contribution is 2.37. The van der Waals surface area contributed by atoms with Gasteiger partial charge >= 0.3 is 6.18 Å². The van der Waals surface area contributed by atoms with Gasteiger partial charge in [0, 0.05) is 13.1 Å². The summed E-state index contributed by atoms with van der Waals surface area (Å²) in [7, 11) is 0. The molecule has 2 atom stereocenters. The first-order valence-electron chi connectivity index (χ1n) is 11.0. The lowest BCUT2D eigenvalue weighted by atomic mass is 9.95. The van der Waals surface area contributed by atoms with Gasteiger partial charge in [-0.1, -0.05) is 13.3 Å². The van der Waals surface area contributed by atoms with Gasteiger partial charge in [-0.2, -0.15) is 13.2 Å². The van der Waals surface area contributed by atoms with E-state index in [2.05, 4.69) is 10.6 Å². The lowest BCUT2D eigenvalue weighted by Crippen LogP contribution is -2.54. The van der Waals surface area contributed by atoms with Crippen molar-refractivity contribution in [3.05, 3.63) is 23.8 Å². The molecule has 3 amide bonds. The van der Waals surface area contributed by atoms with Crippen LogP contribution < -0.4 is 15.5 Å². The number of alkyl halides is 3. The normalized spacial score (nSPS) is 20.3. The molecule has 3 rings (SSSR count). The van der Waals surface area contributed by atoms with Crippen LogP contribution in [0.5, 0.6) is 0 Å². The lowest BCUT2D eigenvalue weighted by molar-refractivity contribution is -0.137. The molecule has 1 aromatic carbocycles.